The highest BCUT2D eigenvalue weighted by atomic mass is 19.3. The van der Waals surface area contributed by atoms with Crippen LogP contribution in [0.4, 0.5) is 25.1 Å². The molecule has 5 rings (SSSR count). The van der Waals surface area contributed by atoms with Crippen LogP contribution in [0.1, 0.15) is 19.8 Å². The van der Waals surface area contributed by atoms with E-state index in [1.54, 1.807) is 6.20 Å². The maximum Gasteiger partial charge on any atom is 0.416 e. The van der Waals surface area contributed by atoms with Crippen LogP contribution < -0.4 is 15.0 Å². The zero-order chi connectivity index (χ0) is 19.5. The molecule has 2 aromatic rings. The van der Waals surface area contributed by atoms with Crippen LogP contribution in [0.2, 0.25) is 0 Å². The second-order valence-electron chi connectivity index (χ2n) is 7.40. The lowest BCUT2D eigenvalue weighted by Crippen LogP contribution is -2.39. The van der Waals surface area contributed by atoms with Gasteiger partial charge in [0.1, 0.15) is 30.8 Å². The van der Waals surface area contributed by atoms with Gasteiger partial charge in [-0.15, -0.1) is 0 Å². The van der Waals surface area contributed by atoms with E-state index in [4.69, 9.17) is 9.47 Å². The first-order valence-corrected chi connectivity index (χ1v) is 9.37. The number of nitrogens with zero attached hydrogens (tertiary/aromatic N) is 3. The fraction of sp³-hybridized carbons (Fsp3) is 0.474. The van der Waals surface area contributed by atoms with Crippen molar-refractivity contribution in [3.8, 4) is 17.1 Å². The number of anilines is 2. The fourth-order valence-electron chi connectivity index (χ4n) is 3.87. The summed E-state index contributed by atoms with van der Waals surface area (Å²) in [5.74, 6) is 1.50. The highest BCUT2D eigenvalue weighted by molar-refractivity contribution is 5.89. The van der Waals surface area contributed by atoms with Gasteiger partial charge < -0.3 is 19.4 Å². The Bertz CT molecular complexity index is 941. The van der Waals surface area contributed by atoms with Gasteiger partial charge in [-0.3, -0.25) is 0 Å². The normalized spacial score (nSPS) is 21.8. The van der Waals surface area contributed by atoms with Crippen molar-refractivity contribution in [1.82, 2.24) is 9.55 Å². The van der Waals surface area contributed by atoms with Crippen molar-refractivity contribution in [2.45, 2.75) is 37.8 Å². The largest absolute Gasteiger partial charge is 0.490 e. The Morgan fingerprint density at radius 1 is 1.36 bits per heavy atom. The second-order valence-corrected chi connectivity index (χ2v) is 7.40. The molecule has 3 heterocycles. The highest BCUT2D eigenvalue weighted by Gasteiger charge is 2.50. The van der Waals surface area contributed by atoms with Crippen LogP contribution in [0.15, 0.2) is 24.4 Å². The number of carbonyl (C=O) groups is 1. The first-order chi connectivity index (χ1) is 13.5. The smallest absolute Gasteiger partial charge is 0.416 e. The summed E-state index contributed by atoms with van der Waals surface area (Å²) in [5.41, 5.74) is 1.46. The lowest BCUT2D eigenvalue weighted by Gasteiger charge is -2.19. The van der Waals surface area contributed by atoms with Crippen LogP contribution >= 0.6 is 0 Å². The van der Waals surface area contributed by atoms with Crippen molar-refractivity contribution < 1.29 is 23.0 Å². The minimum Gasteiger partial charge on any atom is -0.490 e. The van der Waals surface area contributed by atoms with Crippen LogP contribution in [0.25, 0.3) is 11.4 Å². The standard InChI is InChI=1S/C19H20F2N4O3/c1-2-22-11-3-4-12-14(7-11)28-10-19(5-6-19)24-8-15(23-17(12)24)25-13(16(20)21)9-27-18(25)26/h3-4,7-8,13,16,22H,2,5-6,9-10H2,1H3. The minimum atomic E-state index is -2.71. The number of halogens is 2. The number of imidazole rings is 1. The lowest BCUT2D eigenvalue weighted by molar-refractivity contribution is 0.104. The number of ether oxygens (including phenoxy) is 2. The van der Waals surface area contributed by atoms with Crippen molar-refractivity contribution in [2.75, 3.05) is 30.0 Å². The van der Waals surface area contributed by atoms with Crippen LogP contribution in [-0.4, -0.2) is 47.9 Å². The van der Waals surface area contributed by atoms with Gasteiger partial charge in [-0.1, -0.05) is 0 Å². The molecule has 148 valence electrons. The minimum absolute atomic E-state index is 0.192. The second kappa shape index (κ2) is 6.08. The predicted octanol–water partition coefficient (Wildman–Crippen LogP) is 3.45. The SMILES string of the molecule is CCNc1ccc2c(c1)OCC1(CC1)n1cc(N3C(=O)OCC3C(F)F)nc1-2. The number of nitrogens with one attached hydrogen (secondary N) is 1. The highest BCUT2D eigenvalue weighted by Crippen LogP contribution is 2.50. The molecule has 1 atom stereocenters. The molecule has 1 spiro atoms. The van der Waals surface area contributed by atoms with Gasteiger partial charge in [0.2, 0.25) is 0 Å². The molecule has 0 bridgehead atoms. The molecule has 7 nitrogen and oxygen atoms in total. The van der Waals surface area contributed by atoms with Gasteiger partial charge in [-0.05, 0) is 31.9 Å². The van der Waals surface area contributed by atoms with Gasteiger partial charge in [0.05, 0.1) is 11.1 Å². The molecule has 1 aromatic carbocycles. The first kappa shape index (κ1) is 17.3. The Morgan fingerprint density at radius 2 is 2.18 bits per heavy atom. The molecule has 1 N–H and O–H groups in total. The quantitative estimate of drug-likeness (QED) is 0.866. The lowest BCUT2D eigenvalue weighted by atomic mass is 10.1. The number of hydrogen-bond donors (Lipinski definition) is 1. The number of fused-ring (bicyclic) bond motifs is 4. The summed E-state index contributed by atoms with van der Waals surface area (Å²) in [4.78, 5) is 17.6. The van der Waals surface area contributed by atoms with Gasteiger partial charge >= 0.3 is 6.09 Å². The number of aromatic nitrogens is 2. The number of carbonyl (C=O) groups excluding carboxylic acids is 1. The maximum absolute atomic E-state index is 13.4. The third-order valence-corrected chi connectivity index (χ3v) is 5.57. The summed E-state index contributed by atoms with van der Waals surface area (Å²) in [6, 6.07) is 4.44. The molecule has 28 heavy (non-hydrogen) atoms. The third kappa shape index (κ3) is 2.52. The van der Waals surface area contributed by atoms with Crippen molar-refractivity contribution in [2.24, 2.45) is 0 Å². The zero-order valence-corrected chi connectivity index (χ0v) is 15.3. The molecule has 1 aromatic heterocycles. The molecule has 1 aliphatic carbocycles. The van der Waals surface area contributed by atoms with E-state index in [2.05, 4.69) is 10.3 Å². The van der Waals surface area contributed by atoms with Gasteiger partial charge in [0.25, 0.3) is 6.43 Å². The molecular weight excluding hydrogens is 370 g/mol. The molecule has 3 aliphatic rings. The van der Waals surface area contributed by atoms with Gasteiger partial charge in [-0.25, -0.2) is 23.5 Å². The number of benzene rings is 1. The Kier molecular flexibility index (Phi) is 3.75. The van der Waals surface area contributed by atoms with Crippen molar-refractivity contribution >= 4 is 17.6 Å². The van der Waals surface area contributed by atoms with Gasteiger partial charge in [-0.2, -0.15) is 0 Å². The molecule has 1 amide bonds. The molecule has 1 unspecified atom stereocenters. The van der Waals surface area contributed by atoms with Gasteiger partial charge in [0.15, 0.2) is 5.82 Å². The number of cyclic esters (lactones) is 1. The third-order valence-electron chi connectivity index (χ3n) is 5.57. The van der Waals surface area contributed by atoms with Crippen molar-refractivity contribution in [1.29, 1.82) is 0 Å². The number of hydrogen-bond acceptors (Lipinski definition) is 5. The fourth-order valence-corrected chi connectivity index (χ4v) is 3.87. The van der Waals surface area contributed by atoms with E-state index >= 15 is 0 Å². The molecular formula is C19H20F2N4O3. The van der Waals surface area contributed by atoms with E-state index in [-0.39, 0.29) is 18.0 Å². The monoisotopic (exact) mass is 390 g/mol. The zero-order valence-electron chi connectivity index (χ0n) is 15.3. The Labute approximate surface area is 160 Å². The van der Waals surface area contributed by atoms with Gasteiger partial charge in [0, 0.05) is 24.5 Å². The van der Waals surface area contributed by atoms with E-state index in [9.17, 15) is 13.6 Å². The van der Waals surface area contributed by atoms with Crippen molar-refractivity contribution in [3.05, 3.63) is 24.4 Å². The molecule has 2 aliphatic heterocycles. The summed E-state index contributed by atoms with van der Waals surface area (Å²) in [6.07, 6.45) is 0.00336. The first-order valence-electron chi connectivity index (χ1n) is 9.37. The summed E-state index contributed by atoms with van der Waals surface area (Å²) in [7, 11) is 0. The van der Waals surface area contributed by atoms with E-state index in [1.807, 2.05) is 29.7 Å². The van der Waals surface area contributed by atoms with Crippen LogP contribution in [-0.2, 0) is 10.3 Å². The molecule has 0 radical (unpaired) electrons. The molecule has 9 heteroatoms. The summed E-state index contributed by atoms with van der Waals surface area (Å²) >= 11 is 0. The van der Waals surface area contributed by atoms with E-state index in [0.29, 0.717) is 18.2 Å². The topological polar surface area (TPSA) is 68.6 Å². The van der Waals surface area contributed by atoms with E-state index < -0.39 is 18.6 Å². The maximum atomic E-state index is 13.4. The molecule has 1 saturated heterocycles. The van der Waals surface area contributed by atoms with Crippen LogP contribution in [0, 0.1) is 0 Å². The average molecular weight is 390 g/mol. The van der Waals surface area contributed by atoms with E-state index in [1.165, 1.54) is 0 Å². The Morgan fingerprint density at radius 3 is 2.89 bits per heavy atom. The van der Waals surface area contributed by atoms with Crippen LogP contribution in [0.3, 0.4) is 0 Å². The van der Waals surface area contributed by atoms with E-state index in [0.717, 1.165) is 35.5 Å². The van der Waals surface area contributed by atoms with Crippen LogP contribution in [0.5, 0.6) is 5.75 Å². The number of rotatable bonds is 4. The predicted molar refractivity (Wildman–Crippen MR) is 98.1 cm³/mol. The molecule has 2 fully saturated rings. The summed E-state index contributed by atoms with van der Waals surface area (Å²) in [5, 5.41) is 3.25. The summed E-state index contributed by atoms with van der Waals surface area (Å²) in [6.45, 7) is 2.93. The molecule has 1 saturated carbocycles. The Hall–Kier alpha value is -2.84. The Balaban J connectivity index is 1.61. The number of amides is 1. The average Bonchev–Trinajstić information content (AvgIpc) is 3.19. The van der Waals surface area contributed by atoms with Crippen molar-refractivity contribution in [3.63, 3.8) is 0 Å². The number of alkyl halides is 2. The summed E-state index contributed by atoms with van der Waals surface area (Å²) < 4.78 is 39.7.